The maximum atomic E-state index is 12.4. The van der Waals surface area contributed by atoms with Crippen LogP contribution in [0.4, 0.5) is 5.69 Å². The summed E-state index contributed by atoms with van der Waals surface area (Å²) in [5.41, 5.74) is 6.33. The summed E-state index contributed by atoms with van der Waals surface area (Å²) >= 11 is 0. The maximum Gasteiger partial charge on any atom is 0.227 e. The molecule has 1 aromatic carbocycles. The Morgan fingerprint density at radius 2 is 2.05 bits per heavy atom. The molecule has 1 atom stereocenters. The Labute approximate surface area is 120 Å². The van der Waals surface area contributed by atoms with Gasteiger partial charge in [-0.3, -0.25) is 4.79 Å². The first-order chi connectivity index (χ1) is 9.58. The third-order valence-corrected chi connectivity index (χ3v) is 3.31. The molecule has 5 heteroatoms. The zero-order valence-corrected chi connectivity index (χ0v) is 12.1. The SMILES string of the molecule is CCC(C)CC(=O)N(CC/C(N)=N/O)c1ccccc1. The van der Waals surface area contributed by atoms with E-state index in [4.69, 9.17) is 10.9 Å². The number of carbonyl (C=O) groups is 1. The van der Waals surface area contributed by atoms with Gasteiger partial charge >= 0.3 is 0 Å². The predicted octanol–water partition coefficient (Wildman–Crippen LogP) is 2.59. The van der Waals surface area contributed by atoms with Gasteiger partial charge in [0.05, 0.1) is 0 Å². The van der Waals surface area contributed by atoms with Crippen molar-refractivity contribution in [2.24, 2.45) is 16.8 Å². The molecule has 110 valence electrons. The normalized spacial score (nSPS) is 13.0. The van der Waals surface area contributed by atoms with E-state index in [1.54, 1.807) is 4.90 Å². The van der Waals surface area contributed by atoms with Crippen molar-refractivity contribution < 1.29 is 10.0 Å². The van der Waals surface area contributed by atoms with Gasteiger partial charge in [-0.15, -0.1) is 0 Å². The van der Waals surface area contributed by atoms with Crippen molar-refractivity contribution >= 4 is 17.4 Å². The van der Waals surface area contributed by atoms with Gasteiger partial charge < -0.3 is 15.8 Å². The number of hydrogen-bond donors (Lipinski definition) is 2. The lowest BCUT2D eigenvalue weighted by Gasteiger charge is -2.24. The minimum Gasteiger partial charge on any atom is -0.409 e. The molecule has 1 unspecified atom stereocenters. The molecule has 0 saturated carbocycles. The molecule has 0 radical (unpaired) electrons. The van der Waals surface area contributed by atoms with Crippen molar-refractivity contribution in [3.8, 4) is 0 Å². The van der Waals surface area contributed by atoms with E-state index in [-0.39, 0.29) is 11.7 Å². The molecule has 0 bridgehead atoms. The molecule has 0 heterocycles. The first-order valence-corrected chi connectivity index (χ1v) is 6.90. The lowest BCUT2D eigenvalue weighted by Crippen LogP contribution is -2.34. The second-order valence-corrected chi connectivity index (χ2v) is 4.94. The molecule has 3 N–H and O–H groups in total. The van der Waals surface area contributed by atoms with Crippen molar-refractivity contribution in [2.75, 3.05) is 11.4 Å². The van der Waals surface area contributed by atoms with E-state index in [0.29, 0.717) is 25.3 Å². The van der Waals surface area contributed by atoms with Crippen molar-refractivity contribution in [3.63, 3.8) is 0 Å². The Morgan fingerprint density at radius 1 is 1.40 bits per heavy atom. The Morgan fingerprint density at radius 3 is 2.60 bits per heavy atom. The van der Waals surface area contributed by atoms with E-state index in [0.717, 1.165) is 12.1 Å². The Balaban J connectivity index is 2.81. The highest BCUT2D eigenvalue weighted by Crippen LogP contribution is 2.18. The van der Waals surface area contributed by atoms with E-state index in [2.05, 4.69) is 19.0 Å². The van der Waals surface area contributed by atoms with Crippen LogP contribution < -0.4 is 10.6 Å². The Kier molecular flexibility index (Phi) is 6.56. The predicted molar refractivity (Wildman–Crippen MR) is 80.9 cm³/mol. The van der Waals surface area contributed by atoms with Crippen LogP contribution in [0.15, 0.2) is 35.5 Å². The minimum absolute atomic E-state index is 0.0660. The number of anilines is 1. The Bertz CT molecular complexity index is 446. The van der Waals surface area contributed by atoms with Crippen LogP contribution in [0, 0.1) is 5.92 Å². The first-order valence-electron chi connectivity index (χ1n) is 6.90. The van der Waals surface area contributed by atoms with Gasteiger partial charge in [0, 0.05) is 25.1 Å². The number of carbonyl (C=O) groups excluding carboxylic acids is 1. The number of rotatable bonds is 7. The largest absolute Gasteiger partial charge is 0.409 e. The van der Waals surface area contributed by atoms with Crippen LogP contribution in [-0.4, -0.2) is 23.5 Å². The molecule has 0 saturated heterocycles. The number of para-hydroxylation sites is 1. The van der Waals surface area contributed by atoms with Crippen molar-refractivity contribution in [1.29, 1.82) is 0 Å². The molecular weight excluding hydrogens is 254 g/mol. The first kappa shape index (κ1) is 16.0. The number of benzene rings is 1. The second kappa shape index (κ2) is 8.19. The molecule has 20 heavy (non-hydrogen) atoms. The number of oxime groups is 1. The van der Waals surface area contributed by atoms with E-state index in [1.807, 2.05) is 30.3 Å². The zero-order valence-electron chi connectivity index (χ0n) is 12.1. The molecular formula is C15H23N3O2. The van der Waals surface area contributed by atoms with Crippen LogP contribution in [0.25, 0.3) is 0 Å². The van der Waals surface area contributed by atoms with Crippen molar-refractivity contribution in [2.45, 2.75) is 33.1 Å². The molecule has 5 nitrogen and oxygen atoms in total. The van der Waals surface area contributed by atoms with Crippen LogP contribution >= 0.6 is 0 Å². The van der Waals surface area contributed by atoms with Gasteiger partial charge in [0.1, 0.15) is 5.84 Å². The summed E-state index contributed by atoms with van der Waals surface area (Å²) in [6, 6.07) is 9.47. The molecule has 0 aliphatic heterocycles. The van der Waals surface area contributed by atoms with Crippen molar-refractivity contribution in [1.82, 2.24) is 0 Å². The van der Waals surface area contributed by atoms with Crippen LogP contribution in [0.2, 0.25) is 0 Å². The fraction of sp³-hybridized carbons (Fsp3) is 0.467. The monoisotopic (exact) mass is 277 g/mol. The molecule has 1 amide bonds. The van der Waals surface area contributed by atoms with Crippen LogP contribution in [0.5, 0.6) is 0 Å². The lowest BCUT2D eigenvalue weighted by molar-refractivity contribution is -0.119. The number of nitrogens with zero attached hydrogens (tertiary/aromatic N) is 2. The minimum atomic E-state index is 0.0660. The summed E-state index contributed by atoms with van der Waals surface area (Å²) in [5.74, 6) is 0.538. The van der Waals surface area contributed by atoms with Gasteiger partial charge in [0.2, 0.25) is 5.91 Å². The van der Waals surface area contributed by atoms with E-state index in [1.165, 1.54) is 0 Å². The van der Waals surface area contributed by atoms with Gasteiger partial charge in [0.25, 0.3) is 0 Å². The number of nitrogens with two attached hydrogens (primary N) is 1. The molecule has 1 rings (SSSR count). The molecule has 0 aliphatic rings. The summed E-state index contributed by atoms with van der Waals surface area (Å²) in [4.78, 5) is 14.1. The summed E-state index contributed by atoms with van der Waals surface area (Å²) in [7, 11) is 0. The number of amidine groups is 1. The maximum absolute atomic E-state index is 12.4. The summed E-state index contributed by atoms with van der Waals surface area (Å²) < 4.78 is 0. The highest BCUT2D eigenvalue weighted by Gasteiger charge is 2.17. The standard InChI is InChI=1S/C15H23N3O2/c1-3-12(2)11-15(19)18(10-9-14(16)17-20)13-7-5-4-6-8-13/h4-8,12,20H,3,9-11H2,1-2H3,(H2,16,17). The fourth-order valence-corrected chi connectivity index (χ4v) is 1.83. The van der Waals surface area contributed by atoms with Gasteiger partial charge in [0.15, 0.2) is 0 Å². The van der Waals surface area contributed by atoms with Gasteiger partial charge in [-0.2, -0.15) is 0 Å². The number of hydrogen-bond acceptors (Lipinski definition) is 3. The van der Waals surface area contributed by atoms with E-state index in [9.17, 15) is 4.79 Å². The molecule has 0 aliphatic carbocycles. The fourth-order valence-electron chi connectivity index (χ4n) is 1.83. The molecule has 0 aromatic heterocycles. The summed E-state index contributed by atoms with van der Waals surface area (Å²) in [5, 5.41) is 11.5. The quantitative estimate of drug-likeness (QED) is 0.348. The lowest BCUT2D eigenvalue weighted by atomic mass is 10.0. The van der Waals surface area contributed by atoms with Crippen molar-refractivity contribution in [3.05, 3.63) is 30.3 Å². The molecule has 1 aromatic rings. The topological polar surface area (TPSA) is 78.9 Å². The van der Waals surface area contributed by atoms with Crippen LogP contribution in [0.3, 0.4) is 0 Å². The van der Waals surface area contributed by atoms with Gasteiger partial charge in [-0.25, -0.2) is 0 Å². The van der Waals surface area contributed by atoms with E-state index >= 15 is 0 Å². The third kappa shape index (κ3) is 4.91. The van der Waals surface area contributed by atoms with E-state index < -0.39 is 0 Å². The average Bonchev–Trinajstić information content (AvgIpc) is 2.48. The van der Waals surface area contributed by atoms with Crippen LogP contribution in [0.1, 0.15) is 33.1 Å². The second-order valence-electron chi connectivity index (χ2n) is 4.94. The zero-order chi connectivity index (χ0) is 15.0. The Hall–Kier alpha value is -2.04. The summed E-state index contributed by atoms with van der Waals surface area (Å²) in [6.45, 7) is 4.54. The summed E-state index contributed by atoms with van der Waals surface area (Å²) in [6.07, 6.45) is 1.81. The average molecular weight is 277 g/mol. The van der Waals surface area contributed by atoms with Gasteiger partial charge in [-0.05, 0) is 18.1 Å². The van der Waals surface area contributed by atoms with Crippen LogP contribution in [-0.2, 0) is 4.79 Å². The molecule has 0 spiro atoms. The van der Waals surface area contributed by atoms with Gasteiger partial charge in [-0.1, -0.05) is 43.6 Å². The highest BCUT2D eigenvalue weighted by molar-refractivity contribution is 5.94. The third-order valence-electron chi connectivity index (χ3n) is 3.31. The highest BCUT2D eigenvalue weighted by atomic mass is 16.4. The smallest absolute Gasteiger partial charge is 0.227 e. The molecule has 0 fully saturated rings. The number of amides is 1.